The van der Waals surface area contributed by atoms with Gasteiger partial charge in [0.1, 0.15) is 5.88 Å². The zero-order valence-corrected chi connectivity index (χ0v) is 11.8. The largest absolute Gasteiger partial charge is 0.370 e. The van der Waals surface area contributed by atoms with Gasteiger partial charge in [-0.1, -0.05) is 18.2 Å². The fraction of sp³-hybridized carbons (Fsp3) is 0.0625. The highest BCUT2D eigenvalue weighted by atomic mass is 35.5. The van der Waals surface area contributed by atoms with E-state index in [9.17, 15) is 4.79 Å². The summed E-state index contributed by atoms with van der Waals surface area (Å²) in [5.74, 6) is -0.419. The van der Waals surface area contributed by atoms with E-state index >= 15 is 0 Å². The number of hydrogen-bond donors (Lipinski definition) is 0. The molecule has 3 aromatic rings. The van der Waals surface area contributed by atoms with Crippen LogP contribution in [0.15, 0.2) is 60.8 Å². The van der Waals surface area contributed by atoms with E-state index in [1.54, 1.807) is 12.1 Å². The summed E-state index contributed by atoms with van der Waals surface area (Å²) in [6.45, 7) is 0. The maximum absolute atomic E-state index is 11.0. The number of hydrogen-bond acceptors (Lipinski definition) is 3. The molecule has 0 atom stereocenters. The molecule has 3 rings (SSSR count). The summed E-state index contributed by atoms with van der Waals surface area (Å²) < 4.78 is 2.07. The molecular formula is C16H12ClNO3. The predicted octanol–water partition coefficient (Wildman–Crippen LogP) is 3.71. The average molecular weight is 302 g/mol. The van der Waals surface area contributed by atoms with E-state index in [-0.39, 0.29) is 5.88 Å². The summed E-state index contributed by atoms with van der Waals surface area (Å²) in [7, 11) is 0. The van der Waals surface area contributed by atoms with Crippen LogP contribution in [0.3, 0.4) is 0 Å². The van der Waals surface area contributed by atoms with E-state index in [2.05, 4.69) is 9.45 Å². The van der Waals surface area contributed by atoms with E-state index in [0.717, 1.165) is 16.6 Å². The predicted molar refractivity (Wildman–Crippen MR) is 80.7 cm³/mol. The number of fused-ring (bicyclic) bond motifs is 1. The highest BCUT2D eigenvalue weighted by molar-refractivity contribution is 6.26. The molecule has 2 aromatic carbocycles. The van der Waals surface area contributed by atoms with Crippen LogP contribution in [0.25, 0.3) is 16.6 Å². The molecule has 0 fully saturated rings. The lowest BCUT2D eigenvalue weighted by atomic mass is 10.2. The Morgan fingerprint density at radius 3 is 2.67 bits per heavy atom. The van der Waals surface area contributed by atoms with Gasteiger partial charge in [0.2, 0.25) is 0 Å². The smallest absolute Gasteiger partial charge is 0.317 e. The summed E-state index contributed by atoms with van der Waals surface area (Å²) >= 11 is 5.33. The van der Waals surface area contributed by atoms with Crippen LogP contribution in [0, 0.1) is 0 Å². The Hall–Kier alpha value is -2.46. The lowest BCUT2D eigenvalue weighted by Crippen LogP contribution is -2.08. The van der Waals surface area contributed by atoms with Crippen molar-refractivity contribution in [2.24, 2.45) is 0 Å². The Kier molecular flexibility index (Phi) is 3.79. The molecule has 0 aliphatic heterocycles. The van der Waals surface area contributed by atoms with Crippen molar-refractivity contribution < 1.29 is 14.6 Å². The number of nitrogens with zero attached hydrogens (tertiary/aromatic N) is 1. The van der Waals surface area contributed by atoms with Gasteiger partial charge < -0.3 is 4.57 Å². The Morgan fingerprint density at radius 1 is 1.10 bits per heavy atom. The number of carbonyl (C=O) groups is 1. The van der Waals surface area contributed by atoms with Gasteiger partial charge >= 0.3 is 5.97 Å². The number of para-hydroxylation sites is 1. The van der Waals surface area contributed by atoms with Crippen molar-refractivity contribution in [2.75, 3.05) is 5.88 Å². The standard InChI is InChI=1S/C16H12ClNO3/c17-11-16(19)21-20-14-6-7-15-12(10-14)8-9-18(15)13-4-2-1-3-5-13/h1-10H,11H2. The number of rotatable bonds is 4. The molecule has 0 radical (unpaired) electrons. The van der Waals surface area contributed by atoms with E-state index < -0.39 is 5.97 Å². The van der Waals surface area contributed by atoms with Crippen molar-refractivity contribution in [3.05, 3.63) is 60.8 Å². The second-order valence-electron chi connectivity index (χ2n) is 4.41. The molecule has 0 amide bonds. The molecule has 4 nitrogen and oxygen atoms in total. The highest BCUT2D eigenvalue weighted by Gasteiger charge is 2.07. The number of alkyl halides is 1. The van der Waals surface area contributed by atoms with E-state index in [4.69, 9.17) is 16.5 Å². The number of aromatic nitrogens is 1. The number of benzene rings is 2. The molecule has 0 aliphatic carbocycles. The van der Waals surface area contributed by atoms with Gasteiger partial charge in [0.05, 0.1) is 5.52 Å². The summed E-state index contributed by atoms with van der Waals surface area (Å²) in [4.78, 5) is 20.4. The average Bonchev–Trinajstić information content (AvgIpc) is 2.96. The molecule has 1 aromatic heterocycles. The highest BCUT2D eigenvalue weighted by Crippen LogP contribution is 2.24. The molecule has 5 heteroatoms. The zero-order chi connectivity index (χ0) is 14.7. The van der Waals surface area contributed by atoms with Crippen molar-refractivity contribution in [3.63, 3.8) is 0 Å². The van der Waals surface area contributed by atoms with Gasteiger partial charge in [-0.25, -0.2) is 9.68 Å². The van der Waals surface area contributed by atoms with E-state index in [1.165, 1.54) is 0 Å². The molecule has 1 heterocycles. The first-order chi connectivity index (χ1) is 10.3. The van der Waals surface area contributed by atoms with Gasteiger partial charge in [0.15, 0.2) is 5.75 Å². The SMILES string of the molecule is O=C(CCl)OOc1ccc2c(ccn2-c2ccccc2)c1. The van der Waals surface area contributed by atoms with Crippen LogP contribution in [0.4, 0.5) is 0 Å². The van der Waals surface area contributed by atoms with Crippen molar-refractivity contribution in [1.29, 1.82) is 0 Å². The topological polar surface area (TPSA) is 40.5 Å². The van der Waals surface area contributed by atoms with Crippen LogP contribution in [0.2, 0.25) is 0 Å². The molecule has 0 N–H and O–H groups in total. The summed E-state index contributed by atoms with van der Waals surface area (Å²) in [6.07, 6.45) is 1.98. The van der Waals surface area contributed by atoms with Crippen molar-refractivity contribution in [2.45, 2.75) is 0 Å². The van der Waals surface area contributed by atoms with Crippen LogP contribution in [0.5, 0.6) is 5.75 Å². The van der Waals surface area contributed by atoms with Crippen molar-refractivity contribution in [1.82, 2.24) is 4.57 Å². The molecular weight excluding hydrogens is 290 g/mol. The van der Waals surface area contributed by atoms with E-state index in [0.29, 0.717) is 5.75 Å². The first-order valence-corrected chi connectivity index (χ1v) is 6.91. The third-order valence-corrected chi connectivity index (χ3v) is 3.25. The lowest BCUT2D eigenvalue weighted by molar-refractivity contribution is -0.210. The van der Waals surface area contributed by atoms with Crippen LogP contribution in [-0.4, -0.2) is 16.4 Å². The van der Waals surface area contributed by atoms with Gasteiger partial charge in [0.25, 0.3) is 0 Å². The van der Waals surface area contributed by atoms with E-state index in [1.807, 2.05) is 48.7 Å². The van der Waals surface area contributed by atoms with Gasteiger partial charge in [0, 0.05) is 17.3 Å². The number of carbonyl (C=O) groups excluding carboxylic acids is 1. The molecule has 106 valence electrons. The minimum absolute atomic E-state index is 0.243. The van der Waals surface area contributed by atoms with Gasteiger partial charge in [-0.2, -0.15) is 0 Å². The molecule has 0 spiro atoms. The van der Waals surface area contributed by atoms with Gasteiger partial charge in [-0.05, 0) is 36.4 Å². The van der Waals surface area contributed by atoms with Crippen molar-refractivity contribution in [3.8, 4) is 11.4 Å². The Bertz CT molecular complexity index is 768. The first-order valence-electron chi connectivity index (χ1n) is 6.38. The van der Waals surface area contributed by atoms with Crippen LogP contribution in [-0.2, 0) is 9.68 Å². The van der Waals surface area contributed by atoms with Crippen LogP contribution >= 0.6 is 11.6 Å². The molecule has 21 heavy (non-hydrogen) atoms. The first kappa shape index (κ1) is 13.5. The lowest BCUT2D eigenvalue weighted by Gasteiger charge is -2.06. The molecule has 0 saturated carbocycles. The minimum atomic E-state index is -0.626. The quantitative estimate of drug-likeness (QED) is 0.419. The second kappa shape index (κ2) is 5.89. The molecule has 0 saturated heterocycles. The third kappa shape index (κ3) is 2.85. The van der Waals surface area contributed by atoms with Crippen molar-refractivity contribution >= 4 is 28.5 Å². The molecule has 0 aliphatic rings. The Labute approximate surface area is 126 Å². The fourth-order valence-electron chi connectivity index (χ4n) is 2.10. The fourth-order valence-corrected chi connectivity index (χ4v) is 2.15. The van der Waals surface area contributed by atoms with Crippen LogP contribution in [0.1, 0.15) is 0 Å². The normalized spacial score (nSPS) is 10.5. The van der Waals surface area contributed by atoms with Gasteiger partial charge in [-0.15, -0.1) is 11.6 Å². The minimum Gasteiger partial charge on any atom is -0.317 e. The summed E-state index contributed by atoms with van der Waals surface area (Å²) in [6, 6.07) is 17.4. The van der Waals surface area contributed by atoms with Crippen LogP contribution < -0.4 is 4.89 Å². The molecule has 0 unspecified atom stereocenters. The maximum atomic E-state index is 11.0. The number of halogens is 1. The Balaban J connectivity index is 1.89. The third-order valence-electron chi connectivity index (χ3n) is 3.04. The summed E-state index contributed by atoms with van der Waals surface area (Å²) in [5.41, 5.74) is 2.12. The Morgan fingerprint density at radius 2 is 1.90 bits per heavy atom. The van der Waals surface area contributed by atoms with Gasteiger partial charge in [-0.3, -0.25) is 4.89 Å². The summed E-state index contributed by atoms with van der Waals surface area (Å²) in [5, 5.41) is 0.985. The zero-order valence-electron chi connectivity index (χ0n) is 11.0. The maximum Gasteiger partial charge on any atom is 0.370 e. The molecule has 0 bridgehead atoms. The monoisotopic (exact) mass is 301 g/mol. The second-order valence-corrected chi connectivity index (χ2v) is 4.68.